The normalized spacial score (nSPS) is 15.3. The van der Waals surface area contributed by atoms with Crippen LogP contribution < -0.4 is 25.4 Å². The Bertz CT molecular complexity index is 2010. The van der Waals surface area contributed by atoms with Crippen molar-refractivity contribution in [3.05, 3.63) is 94.4 Å². The number of amides is 4. The number of Topliss-reactive ketones (excluding diaryl/α,β-unsaturated/α-hetero) is 1. The van der Waals surface area contributed by atoms with E-state index in [1.165, 1.54) is 25.3 Å². The van der Waals surface area contributed by atoms with Gasteiger partial charge in [0, 0.05) is 29.7 Å². The molecule has 0 saturated carbocycles. The van der Waals surface area contributed by atoms with Gasteiger partial charge in [0.05, 0.1) is 25.3 Å². The van der Waals surface area contributed by atoms with Crippen LogP contribution in [0.5, 0.6) is 11.5 Å². The van der Waals surface area contributed by atoms with E-state index in [-0.39, 0.29) is 24.1 Å². The maximum Gasteiger partial charge on any atom is 0.268 e. The summed E-state index contributed by atoms with van der Waals surface area (Å²) in [6.45, 7) is -2.68. The molecule has 17 heteroatoms. The second-order valence-corrected chi connectivity index (χ2v) is 11.6. The molecule has 51 heavy (non-hydrogen) atoms. The van der Waals surface area contributed by atoms with Gasteiger partial charge in [-0.1, -0.05) is 18.2 Å². The number of H-pyrrole nitrogens is 1. The van der Waals surface area contributed by atoms with Crippen molar-refractivity contribution in [2.24, 2.45) is 5.92 Å². The fourth-order valence-corrected chi connectivity index (χ4v) is 5.56. The number of aromatic amines is 1. The van der Waals surface area contributed by atoms with Gasteiger partial charge in [-0.15, -0.1) is 0 Å². The minimum absolute atomic E-state index is 0.00411. The molecule has 1 aliphatic rings. The number of halogens is 5. The molecular weight excluding hydrogens is 687 g/mol. The van der Waals surface area contributed by atoms with Gasteiger partial charge in [-0.3, -0.25) is 29.3 Å². The zero-order valence-electron chi connectivity index (χ0n) is 26.6. The Labute approximate surface area is 285 Å². The number of rotatable bonds is 14. The molecule has 4 amide bonds. The number of hydrogen-bond acceptors (Lipinski definition) is 8. The molecule has 1 aliphatic heterocycles. The molecule has 3 aromatic carbocycles. The molecule has 0 spiro atoms. The van der Waals surface area contributed by atoms with Crippen molar-refractivity contribution >= 4 is 40.3 Å². The number of aliphatic hydroxyl groups is 1. The summed E-state index contributed by atoms with van der Waals surface area (Å²) in [5.41, 5.74) is -0.533. The summed E-state index contributed by atoms with van der Waals surface area (Å²) in [5, 5.41) is 16.5. The molecule has 1 aromatic heterocycles. The van der Waals surface area contributed by atoms with Crippen LogP contribution in [0.15, 0.2) is 48.5 Å². The van der Waals surface area contributed by atoms with E-state index in [2.05, 4.69) is 15.6 Å². The largest absolute Gasteiger partial charge is 0.496 e. The molecule has 5 N–H and O–H groups in total. The zero-order valence-corrected chi connectivity index (χ0v) is 26.6. The Hall–Kier alpha value is -5.84. The van der Waals surface area contributed by atoms with Crippen LogP contribution in [-0.2, 0) is 32.2 Å². The molecule has 2 heterocycles. The van der Waals surface area contributed by atoms with Crippen LogP contribution in [0.1, 0.15) is 34.5 Å². The SMILES string of the molecule is COc1cccc2[nH]c(C(=O)N[C@@H](Cc3cccc(F)c3)C(=O)N[C@@H](C[C@@H]3CC(=O)NC3=O)C(=O)COc3c(F)c(F)c(CO)c(F)c3F)cc12. The maximum atomic E-state index is 14.5. The van der Waals surface area contributed by atoms with Gasteiger partial charge in [0.15, 0.2) is 23.2 Å². The van der Waals surface area contributed by atoms with E-state index >= 15 is 0 Å². The van der Waals surface area contributed by atoms with Gasteiger partial charge in [-0.25, -0.2) is 13.2 Å². The summed E-state index contributed by atoms with van der Waals surface area (Å²) in [7, 11) is 1.44. The first-order chi connectivity index (χ1) is 24.3. The number of fused-ring (bicyclic) bond motifs is 1. The van der Waals surface area contributed by atoms with E-state index in [1.807, 2.05) is 5.32 Å². The minimum Gasteiger partial charge on any atom is -0.496 e. The Kier molecular flexibility index (Phi) is 11.0. The highest BCUT2D eigenvalue weighted by Gasteiger charge is 2.37. The van der Waals surface area contributed by atoms with E-state index in [1.54, 1.807) is 18.2 Å². The molecule has 0 radical (unpaired) electrons. The number of ether oxygens (including phenoxy) is 2. The average Bonchev–Trinajstić information content (AvgIpc) is 3.68. The number of carbonyl (C=O) groups excluding carboxylic acids is 5. The van der Waals surface area contributed by atoms with E-state index in [9.17, 15) is 45.9 Å². The molecule has 3 atom stereocenters. The molecule has 1 fully saturated rings. The number of aromatic nitrogens is 1. The molecule has 4 aromatic rings. The summed E-state index contributed by atoms with van der Waals surface area (Å²) in [4.78, 5) is 67.7. The Morgan fingerprint density at radius 3 is 2.27 bits per heavy atom. The van der Waals surface area contributed by atoms with Crippen molar-refractivity contribution in [1.82, 2.24) is 20.9 Å². The first kappa shape index (κ1) is 36.4. The predicted octanol–water partition coefficient (Wildman–Crippen LogP) is 2.89. The van der Waals surface area contributed by atoms with E-state index in [0.29, 0.717) is 16.7 Å². The summed E-state index contributed by atoms with van der Waals surface area (Å²) >= 11 is 0. The number of aliphatic hydroxyl groups excluding tert-OH is 1. The van der Waals surface area contributed by atoms with E-state index in [4.69, 9.17) is 14.6 Å². The van der Waals surface area contributed by atoms with E-state index < -0.39 is 107 Å². The highest BCUT2D eigenvalue weighted by molar-refractivity contribution is 6.04. The van der Waals surface area contributed by atoms with E-state index in [0.717, 1.165) is 12.1 Å². The molecule has 268 valence electrons. The van der Waals surface area contributed by atoms with Crippen LogP contribution in [0.3, 0.4) is 0 Å². The van der Waals surface area contributed by atoms with Gasteiger partial charge in [-0.05, 0) is 42.3 Å². The van der Waals surface area contributed by atoms with Crippen LogP contribution >= 0.6 is 0 Å². The van der Waals surface area contributed by atoms with Gasteiger partial charge < -0.3 is 30.2 Å². The molecule has 0 aliphatic carbocycles. The third-order valence-electron chi connectivity index (χ3n) is 8.16. The van der Waals surface area contributed by atoms with Crippen LogP contribution in [0.4, 0.5) is 22.0 Å². The van der Waals surface area contributed by atoms with Crippen LogP contribution in [0.2, 0.25) is 0 Å². The zero-order chi connectivity index (χ0) is 37.0. The van der Waals surface area contributed by atoms with Gasteiger partial charge in [0.2, 0.25) is 29.4 Å². The van der Waals surface area contributed by atoms with Crippen molar-refractivity contribution in [3.63, 3.8) is 0 Å². The quantitative estimate of drug-likeness (QED) is 0.0752. The van der Waals surface area contributed by atoms with Crippen molar-refractivity contribution in [1.29, 1.82) is 0 Å². The summed E-state index contributed by atoms with van der Waals surface area (Å²) in [5.74, 6) is -15.4. The third-order valence-corrected chi connectivity index (χ3v) is 8.16. The van der Waals surface area contributed by atoms with Crippen LogP contribution in [0, 0.1) is 35.0 Å². The fraction of sp³-hybridized carbons (Fsp3) is 0.265. The number of ketones is 1. The monoisotopic (exact) mass is 716 g/mol. The predicted molar refractivity (Wildman–Crippen MR) is 167 cm³/mol. The first-order valence-corrected chi connectivity index (χ1v) is 15.3. The number of benzene rings is 3. The number of hydrogen-bond donors (Lipinski definition) is 5. The van der Waals surface area contributed by atoms with Crippen molar-refractivity contribution in [3.8, 4) is 11.5 Å². The highest BCUT2D eigenvalue weighted by atomic mass is 19.2. The lowest BCUT2D eigenvalue weighted by molar-refractivity contribution is -0.131. The standard InChI is InChI=1S/C34H29F5N4O8/c1-50-25-7-3-6-20-18(25)12-23(40-20)34(49)42-22(9-15-4-2-5-17(35)8-15)33(48)41-21(10-16-11-26(46)43-32(16)47)24(45)14-51-31-29(38)27(36)19(13-44)28(37)30(31)39/h2-8,12,16,21-22,40,44H,9-11,13-14H2,1H3,(H,41,48)(H,42,49)(H,43,46,47)/t16-,21+,22+/m1/s1. The molecule has 0 bridgehead atoms. The Balaban J connectivity index is 1.42. The van der Waals surface area contributed by atoms with Gasteiger partial charge in [-0.2, -0.15) is 8.78 Å². The van der Waals surface area contributed by atoms with Gasteiger partial charge in [0.25, 0.3) is 5.91 Å². The molecule has 5 rings (SSSR count). The highest BCUT2D eigenvalue weighted by Crippen LogP contribution is 2.30. The average molecular weight is 717 g/mol. The van der Waals surface area contributed by atoms with Gasteiger partial charge >= 0.3 is 0 Å². The second-order valence-electron chi connectivity index (χ2n) is 11.6. The molecule has 1 saturated heterocycles. The summed E-state index contributed by atoms with van der Waals surface area (Å²) in [6.07, 6.45) is -1.23. The number of nitrogens with one attached hydrogen (secondary N) is 4. The Morgan fingerprint density at radius 2 is 1.65 bits per heavy atom. The van der Waals surface area contributed by atoms with Crippen molar-refractivity contribution < 1.29 is 60.5 Å². The lowest BCUT2D eigenvalue weighted by Gasteiger charge is -2.24. The van der Waals surface area contributed by atoms with Crippen molar-refractivity contribution in [2.45, 2.75) is 38.0 Å². The molecule has 12 nitrogen and oxygen atoms in total. The second kappa shape index (κ2) is 15.4. The van der Waals surface area contributed by atoms with Crippen LogP contribution in [-0.4, -0.2) is 65.3 Å². The first-order valence-electron chi connectivity index (χ1n) is 15.3. The number of carbonyl (C=O) groups is 5. The smallest absolute Gasteiger partial charge is 0.268 e. The minimum atomic E-state index is -2.04. The Morgan fingerprint density at radius 1 is 0.941 bits per heavy atom. The summed E-state index contributed by atoms with van der Waals surface area (Å²) in [6, 6.07) is 8.35. The topological polar surface area (TPSA) is 176 Å². The lowest BCUT2D eigenvalue weighted by atomic mass is 9.95. The third kappa shape index (κ3) is 7.98. The number of methoxy groups -OCH3 is 1. The summed E-state index contributed by atoms with van der Waals surface area (Å²) < 4.78 is 81.7. The number of imide groups is 1. The lowest BCUT2D eigenvalue weighted by Crippen LogP contribution is -2.53. The van der Waals surface area contributed by atoms with Crippen LogP contribution in [0.25, 0.3) is 10.9 Å². The molecule has 0 unspecified atom stereocenters. The van der Waals surface area contributed by atoms with Crippen molar-refractivity contribution in [2.75, 3.05) is 13.7 Å². The van der Waals surface area contributed by atoms with Gasteiger partial charge in [0.1, 0.15) is 29.9 Å². The molecular formula is C34H29F5N4O8. The fourth-order valence-electron chi connectivity index (χ4n) is 5.56. The maximum absolute atomic E-state index is 14.5.